The molecule has 7 nitrogen and oxygen atoms in total. The van der Waals surface area contributed by atoms with Gasteiger partial charge in [0.1, 0.15) is 12.4 Å². The Kier molecular flexibility index (Phi) is 8.04. The minimum atomic E-state index is -0.104. The van der Waals surface area contributed by atoms with Crippen LogP contribution in [0.3, 0.4) is 0 Å². The standard InChI is InChI=1S/C16H26N4O3/c1-6-7-8-13(10-20(4)11-16(21)19(2)3)23-15-9-14(22-5)17-12-18-15/h6,9,12-13H,1,7-8,10-11H2,2-5H3/t13-/m0/s1. The molecule has 0 aliphatic heterocycles. The topological polar surface area (TPSA) is 67.8 Å². The van der Waals surface area contributed by atoms with Crippen LogP contribution in [0, 0.1) is 0 Å². The van der Waals surface area contributed by atoms with E-state index in [0.717, 1.165) is 12.8 Å². The van der Waals surface area contributed by atoms with Crippen LogP contribution in [0.2, 0.25) is 0 Å². The molecule has 7 heteroatoms. The van der Waals surface area contributed by atoms with Crippen LogP contribution in [0.1, 0.15) is 12.8 Å². The lowest BCUT2D eigenvalue weighted by atomic mass is 10.2. The number of methoxy groups -OCH3 is 1. The summed E-state index contributed by atoms with van der Waals surface area (Å²) in [4.78, 5) is 23.4. The normalized spacial score (nSPS) is 11.9. The number of aromatic nitrogens is 2. The summed E-state index contributed by atoms with van der Waals surface area (Å²) in [7, 11) is 6.93. The Morgan fingerprint density at radius 2 is 2.04 bits per heavy atom. The number of rotatable bonds is 10. The van der Waals surface area contributed by atoms with Gasteiger partial charge in [-0.15, -0.1) is 6.58 Å². The number of allylic oxidation sites excluding steroid dienone is 1. The molecule has 1 rings (SSSR count). The van der Waals surface area contributed by atoms with Gasteiger partial charge >= 0.3 is 0 Å². The fourth-order valence-corrected chi connectivity index (χ4v) is 1.95. The summed E-state index contributed by atoms with van der Waals surface area (Å²) in [6.45, 7) is 4.69. The van der Waals surface area contributed by atoms with Gasteiger partial charge in [0.05, 0.1) is 19.7 Å². The lowest BCUT2D eigenvalue weighted by Crippen LogP contribution is -2.39. The highest BCUT2D eigenvalue weighted by molar-refractivity contribution is 5.77. The first-order valence-corrected chi connectivity index (χ1v) is 7.48. The predicted molar refractivity (Wildman–Crippen MR) is 88.6 cm³/mol. The van der Waals surface area contributed by atoms with Crippen LogP contribution in [-0.2, 0) is 4.79 Å². The first-order valence-electron chi connectivity index (χ1n) is 7.48. The minimum absolute atomic E-state index is 0.0543. The maximum absolute atomic E-state index is 11.8. The summed E-state index contributed by atoms with van der Waals surface area (Å²) < 4.78 is 11.0. The van der Waals surface area contributed by atoms with Gasteiger partial charge in [-0.2, -0.15) is 0 Å². The highest BCUT2D eigenvalue weighted by Gasteiger charge is 2.17. The molecule has 0 aromatic carbocycles. The van der Waals surface area contributed by atoms with E-state index in [1.165, 1.54) is 6.33 Å². The van der Waals surface area contributed by atoms with Crippen LogP contribution in [-0.4, -0.2) is 73.1 Å². The average molecular weight is 322 g/mol. The van der Waals surface area contributed by atoms with Gasteiger partial charge in [0.15, 0.2) is 0 Å². The maximum Gasteiger partial charge on any atom is 0.236 e. The van der Waals surface area contributed by atoms with Crippen molar-refractivity contribution in [3.05, 3.63) is 25.0 Å². The lowest BCUT2D eigenvalue weighted by Gasteiger charge is -2.25. The Morgan fingerprint density at radius 1 is 1.35 bits per heavy atom. The van der Waals surface area contributed by atoms with Crippen molar-refractivity contribution in [2.24, 2.45) is 0 Å². The molecule has 0 aliphatic carbocycles. The van der Waals surface area contributed by atoms with Gasteiger partial charge in [-0.3, -0.25) is 9.69 Å². The van der Waals surface area contributed by atoms with E-state index in [4.69, 9.17) is 9.47 Å². The maximum atomic E-state index is 11.8. The van der Waals surface area contributed by atoms with Crippen LogP contribution in [0.5, 0.6) is 11.8 Å². The molecule has 0 saturated heterocycles. The van der Waals surface area contributed by atoms with Crippen LogP contribution in [0.15, 0.2) is 25.0 Å². The Labute approximate surface area is 137 Å². The number of hydrogen-bond acceptors (Lipinski definition) is 6. The number of nitrogens with zero attached hydrogens (tertiary/aromatic N) is 4. The molecule has 1 aromatic rings. The van der Waals surface area contributed by atoms with Gasteiger partial charge in [-0.1, -0.05) is 6.08 Å². The molecule has 23 heavy (non-hydrogen) atoms. The third-order valence-electron chi connectivity index (χ3n) is 3.23. The highest BCUT2D eigenvalue weighted by Crippen LogP contribution is 2.16. The zero-order valence-corrected chi connectivity index (χ0v) is 14.4. The largest absolute Gasteiger partial charge is 0.481 e. The van der Waals surface area contributed by atoms with Crippen LogP contribution in [0.4, 0.5) is 0 Å². The van der Waals surface area contributed by atoms with E-state index in [1.54, 1.807) is 32.2 Å². The average Bonchev–Trinajstić information content (AvgIpc) is 2.52. The van der Waals surface area contributed by atoms with Crippen molar-refractivity contribution in [2.75, 3.05) is 41.3 Å². The molecular formula is C16H26N4O3. The molecular weight excluding hydrogens is 296 g/mol. The fraction of sp³-hybridized carbons (Fsp3) is 0.562. The van der Waals surface area contributed by atoms with E-state index in [0.29, 0.717) is 24.8 Å². The van der Waals surface area contributed by atoms with Crippen LogP contribution >= 0.6 is 0 Å². The first-order chi connectivity index (χ1) is 11.0. The minimum Gasteiger partial charge on any atom is -0.481 e. The second-order valence-electron chi connectivity index (χ2n) is 5.49. The molecule has 0 saturated carbocycles. The smallest absolute Gasteiger partial charge is 0.236 e. The summed E-state index contributed by atoms with van der Waals surface area (Å²) in [6, 6.07) is 1.64. The van der Waals surface area contributed by atoms with Gasteiger partial charge in [-0.05, 0) is 19.9 Å². The molecule has 0 bridgehead atoms. The Morgan fingerprint density at radius 3 is 2.65 bits per heavy atom. The third kappa shape index (κ3) is 7.10. The molecule has 0 aliphatic rings. The van der Waals surface area contributed by atoms with E-state index in [2.05, 4.69) is 16.5 Å². The summed E-state index contributed by atoms with van der Waals surface area (Å²) in [5, 5.41) is 0. The molecule has 1 heterocycles. The number of amides is 1. The van der Waals surface area contributed by atoms with Crippen molar-refractivity contribution >= 4 is 5.91 Å². The Hall–Kier alpha value is -2.15. The van der Waals surface area contributed by atoms with Gasteiger partial charge < -0.3 is 14.4 Å². The van der Waals surface area contributed by atoms with Gasteiger partial charge in [0.2, 0.25) is 17.7 Å². The van der Waals surface area contributed by atoms with Crippen molar-refractivity contribution in [2.45, 2.75) is 18.9 Å². The number of ether oxygens (including phenoxy) is 2. The zero-order chi connectivity index (χ0) is 17.2. The zero-order valence-electron chi connectivity index (χ0n) is 14.4. The van der Waals surface area contributed by atoms with E-state index >= 15 is 0 Å². The fourth-order valence-electron chi connectivity index (χ4n) is 1.95. The van der Waals surface area contributed by atoms with E-state index in [9.17, 15) is 4.79 Å². The summed E-state index contributed by atoms with van der Waals surface area (Å²) in [5.41, 5.74) is 0. The van der Waals surface area contributed by atoms with Crippen molar-refractivity contribution in [3.8, 4) is 11.8 Å². The third-order valence-corrected chi connectivity index (χ3v) is 3.23. The molecule has 0 spiro atoms. The Balaban J connectivity index is 2.67. The number of carbonyl (C=O) groups excluding carboxylic acids is 1. The number of hydrogen-bond donors (Lipinski definition) is 0. The lowest BCUT2D eigenvalue weighted by molar-refractivity contribution is -0.129. The van der Waals surface area contributed by atoms with Crippen molar-refractivity contribution in [3.63, 3.8) is 0 Å². The molecule has 1 aromatic heterocycles. The van der Waals surface area contributed by atoms with E-state index in [1.807, 2.05) is 18.0 Å². The molecule has 1 amide bonds. The van der Waals surface area contributed by atoms with Crippen LogP contribution in [0.25, 0.3) is 0 Å². The monoisotopic (exact) mass is 322 g/mol. The van der Waals surface area contributed by atoms with Gasteiger partial charge in [-0.25, -0.2) is 9.97 Å². The molecule has 128 valence electrons. The molecule has 1 atom stereocenters. The quantitative estimate of drug-likeness (QED) is 0.603. The second-order valence-corrected chi connectivity index (χ2v) is 5.49. The summed E-state index contributed by atoms with van der Waals surface area (Å²) in [6.07, 6.45) is 4.76. The molecule has 0 fully saturated rings. The molecule has 0 N–H and O–H groups in total. The van der Waals surface area contributed by atoms with Gasteiger partial charge in [0.25, 0.3) is 0 Å². The molecule has 0 unspecified atom stereocenters. The highest BCUT2D eigenvalue weighted by atomic mass is 16.5. The predicted octanol–water partition coefficient (Wildman–Crippen LogP) is 1.22. The van der Waals surface area contributed by atoms with Crippen LogP contribution < -0.4 is 9.47 Å². The number of carbonyl (C=O) groups is 1. The second kappa shape index (κ2) is 9.78. The van der Waals surface area contributed by atoms with Crippen molar-refractivity contribution in [1.82, 2.24) is 19.8 Å². The summed E-state index contributed by atoms with van der Waals surface area (Å²) >= 11 is 0. The Bertz CT molecular complexity index is 508. The van der Waals surface area contributed by atoms with Gasteiger partial charge in [0, 0.05) is 20.6 Å². The SMILES string of the molecule is C=CCC[C@@H](CN(C)CC(=O)N(C)C)Oc1cc(OC)ncn1. The first kappa shape index (κ1) is 18.9. The van der Waals surface area contributed by atoms with E-state index in [-0.39, 0.29) is 12.0 Å². The van der Waals surface area contributed by atoms with Crippen molar-refractivity contribution in [1.29, 1.82) is 0 Å². The van der Waals surface area contributed by atoms with Crippen molar-refractivity contribution < 1.29 is 14.3 Å². The van der Waals surface area contributed by atoms with E-state index < -0.39 is 0 Å². The summed E-state index contributed by atoms with van der Waals surface area (Å²) in [5.74, 6) is 0.963. The molecule has 0 radical (unpaired) electrons. The number of likely N-dealkylation sites (N-methyl/N-ethyl adjacent to an activating group) is 2.